The Morgan fingerprint density at radius 2 is 1.76 bits per heavy atom. The third-order valence-corrected chi connectivity index (χ3v) is 2.94. The van der Waals surface area contributed by atoms with E-state index in [2.05, 4.69) is 14.5 Å². The van der Waals surface area contributed by atoms with Crippen molar-refractivity contribution in [3.63, 3.8) is 0 Å². The zero-order chi connectivity index (χ0) is 12.9. The zero-order valence-corrected chi connectivity index (χ0v) is 11.1. The van der Waals surface area contributed by atoms with Gasteiger partial charge in [0.15, 0.2) is 0 Å². The molecule has 0 aromatic carbocycles. The number of esters is 1. The van der Waals surface area contributed by atoms with Crippen LogP contribution >= 0.6 is 0 Å². The summed E-state index contributed by atoms with van der Waals surface area (Å²) in [7, 11) is 1.42. The molecule has 5 nitrogen and oxygen atoms in total. The number of nitrogens with zero attached hydrogens (tertiary/aromatic N) is 2. The Morgan fingerprint density at radius 3 is 2.24 bits per heavy atom. The maximum atomic E-state index is 11.0. The lowest BCUT2D eigenvalue weighted by molar-refractivity contribution is -0.141. The zero-order valence-electron chi connectivity index (χ0n) is 11.1. The number of ether oxygens (including phenoxy) is 1. The summed E-state index contributed by atoms with van der Waals surface area (Å²) < 4.78 is 4.62. The molecule has 1 N–H and O–H groups in total. The highest BCUT2D eigenvalue weighted by molar-refractivity contribution is 5.69. The number of hydrogen-bond donors (Lipinski definition) is 1. The Hall–Kier alpha value is -0.650. The first-order chi connectivity index (χ1) is 7.90. The highest BCUT2D eigenvalue weighted by atomic mass is 16.5. The van der Waals surface area contributed by atoms with Crippen LogP contribution < -0.4 is 0 Å². The second kappa shape index (κ2) is 6.33. The predicted molar refractivity (Wildman–Crippen MR) is 65.8 cm³/mol. The largest absolute Gasteiger partial charge is 0.469 e. The van der Waals surface area contributed by atoms with Crippen LogP contribution in [0.15, 0.2) is 0 Å². The van der Waals surface area contributed by atoms with E-state index >= 15 is 0 Å². The molecule has 1 rings (SSSR count). The smallest absolute Gasteiger partial charge is 0.306 e. The number of hydrogen-bond acceptors (Lipinski definition) is 5. The molecule has 100 valence electrons. The van der Waals surface area contributed by atoms with Gasteiger partial charge < -0.3 is 14.7 Å². The molecule has 0 spiro atoms. The van der Waals surface area contributed by atoms with E-state index in [1.54, 1.807) is 0 Å². The lowest BCUT2D eigenvalue weighted by Crippen LogP contribution is -2.50. The second-order valence-corrected chi connectivity index (χ2v) is 5.26. The number of carbonyl (C=O) groups is 1. The molecule has 1 fully saturated rings. The van der Waals surface area contributed by atoms with Gasteiger partial charge in [-0.15, -0.1) is 0 Å². The van der Waals surface area contributed by atoms with Gasteiger partial charge in [0, 0.05) is 39.3 Å². The van der Waals surface area contributed by atoms with Crippen molar-refractivity contribution in [3.05, 3.63) is 0 Å². The van der Waals surface area contributed by atoms with Crippen LogP contribution in [0, 0.1) is 0 Å². The molecule has 0 saturated carbocycles. The molecule has 0 aliphatic carbocycles. The average molecular weight is 244 g/mol. The van der Waals surface area contributed by atoms with Gasteiger partial charge >= 0.3 is 5.97 Å². The molecular formula is C12H24N2O3. The second-order valence-electron chi connectivity index (χ2n) is 5.26. The lowest BCUT2D eigenvalue weighted by atomic mass is 10.1. The molecule has 0 radical (unpaired) electrons. The molecule has 1 saturated heterocycles. The summed E-state index contributed by atoms with van der Waals surface area (Å²) in [5.74, 6) is -0.149. The van der Waals surface area contributed by atoms with Gasteiger partial charge in [-0.25, -0.2) is 0 Å². The Bertz CT molecular complexity index is 243. The molecule has 0 unspecified atom stereocenters. The summed E-state index contributed by atoms with van der Waals surface area (Å²) in [5.41, 5.74) is -0.631. The highest BCUT2D eigenvalue weighted by Crippen LogP contribution is 2.08. The van der Waals surface area contributed by atoms with Gasteiger partial charge in [-0.05, 0) is 13.8 Å². The van der Waals surface area contributed by atoms with E-state index < -0.39 is 5.60 Å². The van der Waals surface area contributed by atoms with Gasteiger partial charge in [0.25, 0.3) is 0 Å². The summed E-state index contributed by atoms with van der Waals surface area (Å²) >= 11 is 0. The minimum absolute atomic E-state index is 0.149. The van der Waals surface area contributed by atoms with Crippen LogP contribution in [0.1, 0.15) is 20.3 Å². The number of piperazine rings is 1. The van der Waals surface area contributed by atoms with Crippen LogP contribution in [-0.4, -0.2) is 72.9 Å². The molecular weight excluding hydrogens is 220 g/mol. The Labute approximate surface area is 103 Å². The number of β-amino-alcohol motifs (C(OH)–C–C–N with tert-alkyl or cyclic N) is 1. The van der Waals surface area contributed by atoms with Crippen LogP contribution in [0.3, 0.4) is 0 Å². The van der Waals surface area contributed by atoms with Crippen molar-refractivity contribution in [3.8, 4) is 0 Å². The number of carbonyl (C=O) groups excluding carboxylic acids is 1. The fourth-order valence-corrected chi connectivity index (χ4v) is 2.07. The third-order valence-electron chi connectivity index (χ3n) is 2.94. The molecule has 5 heteroatoms. The van der Waals surface area contributed by atoms with E-state index in [-0.39, 0.29) is 5.97 Å². The van der Waals surface area contributed by atoms with Crippen molar-refractivity contribution in [2.45, 2.75) is 25.9 Å². The van der Waals surface area contributed by atoms with E-state index in [9.17, 15) is 9.90 Å². The van der Waals surface area contributed by atoms with Gasteiger partial charge in [0.05, 0.1) is 19.1 Å². The minimum Gasteiger partial charge on any atom is -0.469 e. The highest BCUT2D eigenvalue weighted by Gasteiger charge is 2.22. The number of rotatable bonds is 5. The van der Waals surface area contributed by atoms with Crippen LogP contribution in [0.2, 0.25) is 0 Å². The Kier molecular flexibility index (Phi) is 5.36. The van der Waals surface area contributed by atoms with Gasteiger partial charge in [0.2, 0.25) is 0 Å². The topological polar surface area (TPSA) is 53.0 Å². The van der Waals surface area contributed by atoms with E-state index in [0.29, 0.717) is 13.0 Å². The molecule has 1 heterocycles. The van der Waals surface area contributed by atoms with E-state index in [1.165, 1.54) is 7.11 Å². The van der Waals surface area contributed by atoms with Crippen molar-refractivity contribution < 1.29 is 14.6 Å². The van der Waals surface area contributed by atoms with Gasteiger partial charge in [-0.2, -0.15) is 0 Å². The fraction of sp³-hybridized carbons (Fsp3) is 0.917. The quantitative estimate of drug-likeness (QED) is 0.687. The fourth-order valence-electron chi connectivity index (χ4n) is 2.07. The van der Waals surface area contributed by atoms with Crippen molar-refractivity contribution >= 4 is 5.97 Å². The molecule has 17 heavy (non-hydrogen) atoms. The standard InChI is InChI=1S/C12H24N2O3/c1-12(2,16)10-14-8-6-13(7-9-14)5-4-11(15)17-3/h16H,4-10H2,1-3H3. The maximum absolute atomic E-state index is 11.0. The van der Waals surface area contributed by atoms with Crippen LogP contribution in [-0.2, 0) is 9.53 Å². The molecule has 1 aliphatic heterocycles. The predicted octanol–water partition coefficient (Wildman–Crippen LogP) is -0.0620. The molecule has 0 aromatic rings. The summed E-state index contributed by atoms with van der Waals surface area (Å²) in [6.45, 7) is 8.94. The summed E-state index contributed by atoms with van der Waals surface area (Å²) in [6, 6.07) is 0. The summed E-state index contributed by atoms with van der Waals surface area (Å²) in [5, 5.41) is 9.73. The minimum atomic E-state index is -0.631. The number of aliphatic hydroxyl groups is 1. The first-order valence-corrected chi connectivity index (χ1v) is 6.14. The van der Waals surface area contributed by atoms with Crippen LogP contribution in [0.4, 0.5) is 0 Å². The van der Waals surface area contributed by atoms with Crippen LogP contribution in [0.5, 0.6) is 0 Å². The molecule has 0 bridgehead atoms. The molecule has 0 atom stereocenters. The Morgan fingerprint density at radius 1 is 1.24 bits per heavy atom. The SMILES string of the molecule is COC(=O)CCN1CCN(CC(C)(C)O)CC1. The van der Waals surface area contributed by atoms with Crippen LogP contribution in [0.25, 0.3) is 0 Å². The van der Waals surface area contributed by atoms with Crippen molar-refractivity contribution in [1.82, 2.24) is 9.80 Å². The molecule has 1 aliphatic rings. The molecule has 0 amide bonds. The van der Waals surface area contributed by atoms with Crippen molar-refractivity contribution in [2.24, 2.45) is 0 Å². The van der Waals surface area contributed by atoms with E-state index in [4.69, 9.17) is 0 Å². The third kappa shape index (κ3) is 6.00. The van der Waals surface area contributed by atoms with Crippen molar-refractivity contribution in [2.75, 3.05) is 46.4 Å². The van der Waals surface area contributed by atoms with Gasteiger partial charge in [-0.3, -0.25) is 9.69 Å². The first-order valence-electron chi connectivity index (χ1n) is 6.14. The maximum Gasteiger partial charge on any atom is 0.306 e. The Balaban J connectivity index is 2.19. The monoisotopic (exact) mass is 244 g/mol. The van der Waals surface area contributed by atoms with Gasteiger partial charge in [-0.1, -0.05) is 0 Å². The van der Waals surface area contributed by atoms with Gasteiger partial charge in [0.1, 0.15) is 0 Å². The normalized spacial score (nSPS) is 19.3. The summed E-state index contributed by atoms with van der Waals surface area (Å²) in [6.07, 6.45) is 0.460. The lowest BCUT2D eigenvalue weighted by Gasteiger charge is -2.37. The number of methoxy groups -OCH3 is 1. The van der Waals surface area contributed by atoms with E-state index in [1.807, 2.05) is 13.8 Å². The van der Waals surface area contributed by atoms with E-state index in [0.717, 1.165) is 32.7 Å². The average Bonchev–Trinajstić information content (AvgIpc) is 2.25. The van der Waals surface area contributed by atoms with Crippen molar-refractivity contribution in [1.29, 1.82) is 0 Å². The summed E-state index contributed by atoms with van der Waals surface area (Å²) in [4.78, 5) is 15.5. The first kappa shape index (κ1) is 14.4. The molecule has 0 aromatic heterocycles.